The minimum atomic E-state index is -3.99. The average molecular weight is 614 g/mol. The molecule has 1 heterocycles. The summed E-state index contributed by atoms with van der Waals surface area (Å²) in [4.78, 5) is 4.93. The van der Waals surface area contributed by atoms with Crippen LogP contribution in [0.1, 0.15) is 48.3 Å². The molecule has 216 valence electrons. The zero-order chi connectivity index (χ0) is 29.2. The third kappa shape index (κ3) is 6.98. The van der Waals surface area contributed by atoms with Gasteiger partial charge >= 0.3 is 0 Å². The molecule has 3 N–H and O–H groups in total. The van der Waals surface area contributed by atoms with E-state index in [1.807, 2.05) is 49.4 Å². The SMILES string of the molecule is Cc1ccc(S(=O)(=O)NC(=NC2CCC(S(N)(=O)=O)CC2)N2CC(c3ccccc3)C(c3ccc(Cl)cc3)=N2)cc1. The van der Waals surface area contributed by atoms with Gasteiger partial charge in [-0.2, -0.15) is 5.10 Å². The molecule has 1 saturated carbocycles. The smallest absolute Gasteiger partial charge is 0.248 e. The fourth-order valence-electron chi connectivity index (χ4n) is 5.18. The van der Waals surface area contributed by atoms with Crippen LogP contribution in [0, 0.1) is 6.92 Å². The van der Waals surface area contributed by atoms with Gasteiger partial charge in [-0.15, -0.1) is 0 Å². The summed E-state index contributed by atoms with van der Waals surface area (Å²) in [5.41, 5.74) is 3.58. The number of primary sulfonamides is 1. The lowest BCUT2D eigenvalue weighted by Crippen LogP contribution is -2.42. The number of aliphatic imine (C=N–C) groups is 1. The highest BCUT2D eigenvalue weighted by Crippen LogP contribution is 2.31. The normalized spacial score (nSPS) is 21.9. The Balaban J connectivity index is 1.52. The second-order valence-corrected chi connectivity index (χ2v) is 14.4. The lowest BCUT2D eigenvalue weighted by Gasteiger charge is -2.27. The molecular weight excluding hydrogens is 582 g/mol. The molecule has 3 aromatic rings. The monoisotopic (exact) mass is 613 g/mol. The molecule has 1 atom stereocenters. The van der Waals surface area contributed by atoms with Crippen molar-refractivity contribution in [2.24, 2.45) is 15.2 Å². The Morgan fingerprint density at radius 1 is 0.927 bits per heavy atom. The molecule has 41 heavy (non-hydrogen) atoms. The van der Waals surface area contributed by atoms with Gasteiger partial charge in [0.05, 0.1) is 28.4 Å². The van der Waals surface area contributed by atoms with Gasteiger partial charge in [0.25, 0.3) is 10.0 Å². The maximum atomic E-state index is 13.5. The molecule has 0 bridgehead atoms. The van der Waals surface area contributed by atoms with Gasteiger partial charge in [-0.25, -0.2) is 36.7 Å². The van der Waals surface area contributed by atoms with E-state index < -0.39 is 25.3 Å². The third-order valence-electron chi connectivity index (χ3n) is 7.47. The maximum absolute atomic E-state index is 13.5. The zero-order valence-electron chi connectivity index (χ0n) is 22.5. The van der Waals surface area contributed by atoms with Crippen molar-refractivity contribution in [1.29, 1.82) is 0 Å². The fraction of sp³-hybridized carbons (Fsp3) is 0.310. The van der Waals surface area contributed by atoms with Crippen LogP contribution < -0.4 is 9.86 Å². The number of hydrogen-bond acceptors (Lipinski definition) is 6. The number of nitrogens with two attached hydrogens (primary N) is 1. The predicted molar refractivity (Wildman–Crippen MR) is 162 cm³/mol. The van der Waals surface area contributed by atoms with Crippen molar-refractivity contribution in [2.45, 2.75) is 54.7 Å². The van der Waals surface area contributed by atoms with Crippen LogP contribution in [-0.4, -0.2) is 51.4 Å². The van der Waals surface area contributed by atoms with Gasteiger partial charge in [0.2, 0.25) is 16.0 Å². The van der Waals surface area contributed by atoms with Crippen LogP contribution in [0.5, 0.6) is 0 Å². The van der Waals surface area contributed by atoms with E-state index in [2.05, 4.69) is 4.72 Å². The lowest BCUT2D eigenvalue weighted by atomic mass is 9.91. The van der Waals surface area contributed by atoms with Crippen molar-refractivity contribution in [2.75, 3.05) is 6.54 Å². The molecule has 12 heteroatoms. The summed E-state index contributed by atoms with van der Waals surface area (Å²) < 4.78 is 53.4. The van der Waals surface area contributed by atoms with Gasteiger partial charge in [-0.05, 0) is 68.0 Å². The molecule has 3 aromatic carbocycles. The Hall–Kier alpha value is -3.25. The van der Waals surface area contributed by atoms with Gasteiger partial charge in [0.1, 0.15) is 0 Å². The molecule has 0 radical (unpaired) electrons. The minimum Gasteiger partial charge on any atom is -0.248 e. The van der Waals surface area contributed by atoms with Crippen LogP contribution in [0.2, 0.25) is 5.02 Å². The number of hydrogen-bond donors (Lipinski definition) is 2. The van der Waals surface area contributed by atoms with Crippen molar-refractivity contribution < 1.29 is 16.8 Å². The summed E-state index contributed by atoms with van der Waals surface area (Å²) in [6.07, 6.45) is 1.63. The molecule has 0 aromatic heterocycles. The Bertz CT molecular complexity index is 1650. The summed E-state index contributed by atoms with van der Waals surface area (Å²) in [6.45, 7) is 2.24. The molecule has 1 unspecified atom stereocenters. The van der Waals surface area contributed by atoms with Crippen molar-refractivity contribution in [3.8, 4) is 0 Å². The maximum Gasteiger partial charge on any atom is 0.264 e. The summed E-state index contributed by atoms with van der Waals surface area (Å²) in [7, 11) is -7.64. The highest BCUT2D eigenvalue weighted by Gasteiger charge is 2.35. The molecule has 1 aliphatic heterocycles. The Kier molecular flexibility index (Phi) is 8.51. The van der Waals surface area contributed by atoms with Crippen molar-refractivity contribution in [3.63, 3.8) is 0 Å². The first kappa shape index (κ1) is 29.2. The summed E-state index contributed by atoms with van der Waals surface area (Å²) in [5, 5.41) is 11.8. The lowest BCUT2D eigenvalue weighted by molar-refractivity contribution is 0.416. The van der Waals surface area contributed by atoms with Crippen LogP contribution in [0.3, 0.4) is 0 Å². The number of sulfonamides is 2. The minimum absolute atomic E-state index is 0.0922. The van der Waals surface area contributed by atoms with Crippen LogP contribution in [-0.2, 0) is 20.0 Å². The van der Waals surface area contributed by atoms with E-state index >= 15 is 0 Å². The van der Waals surface area contributed by atoms with Gasteiger partial charge < -0.3 is 0 Å². The Labute approximate surface area is 246 Å². The molecular formula is C29H32ClN5O4S2. The summed E-state index contributed by atoms with van der Waals surface area (Å²) in [6, 6.07) is 23.5. The van der Waals surface area contributed by atoms with Crippen molar-refractivity contribution in [1.82, 2.24) is 9.73 Å². The quantitative estimate of drug-likeness (QED) is 0.314. The number of hydrazone groups is 1. The number of halogens is 1. The number of aryl methyl sites for hydroxylation is 1. The molecule has 0 amide bonds. The van der Waals surface area contributed by atoms with Crippen molar-refractivity contribution in [3.05, 3.63) is 101 Å². The predicted octanol–water partition coefficient (Wildman–Crippen LogP) is 4.39. The largest absolute Gasteiger partial charge is 0.264 e. The standard InChI is InChI=1S/C29H32ClN5O4S2/c1-20-7-15-26(16-8-20)41(38,39)34-29(32-24-13-17-25(18-14-24)40(31,36)37)35-19-27(21-5-3-2-4-6-21)28(33-35)22-9-11-23(30)12-10-22/h2-12,15-16,24-25,27H,13-14,17-19H2,1H3,(H,32,34)(H2,31,36,37). The van der Waals surface area contributed by atoms with Gasteiger partial charge in [-0.3, -0.25) is 0 Å². The Morgan fingerprint density at radius 2 is 1.56 bits per heavy atom. The second kappa shape index (κ2) is 11.9. The summed E-state index contributed by atoms with van der Waals surface area (Å²) >= 11 is 6.15. The van der Waals surface area contributed by atoms with Crippen LogP contribution in [0.4, 0.5) is 0 Å². The summed E-state index contributed by atoms with van der Waals surface area (Å²) in [5.74, 6) is -0.0703. The van der Waals surface area contributed by atoms with E-state index in [1.165, 1.54) is 0 Å². The van der Waals surface area contributed by atoms with Crippen LogP contribution in [0.25, 0.3) is 0 Å². The van der Waals surface area contributed by atoms with E-state index in [0.717, 1.165) is 22.4 Å². The topological polar surface area (TPSA) is 134 Å². The number of rotatable bonds is 6. The highest BCUT2D eigenvalue weighted by atomic mass is 35.5. The number of nitrogens with zero attached hydrogens (tertiary/aromatic N) is 3. The first-order valence-corrected chi connectivity index (χ1v) is 16.8. The number of benzene rings is 3. The molecule has 2 aliphatic rings. The Morgan fingerprint density at radius 3 is 2.17 bits per heavy atom. The van der Waals surface area contributed by atoms with E-state index in [9.17, 15) is 16.8 Å². The number of guanidine groups is 1. The molecule has 0 saturated heterocycles. The number of nitrogens with one attached hydrogen (secondary N) is 1. The average Bonchev–Trinajstić information content (AvgIpc) is 3.39. The highest BCUT2D eigenvalue weighted by molar-refractivity contribution is 7.90. The molecule has 9 nitrogen and oxygen atoms in total. The van der Waals surface area contributed by atoms with Crippen molar-refractivity contribution >= 4 is 43.3 Å². The fourth-order valence-corrected chi connectivity index (χ4v) is 7.25. The van der Waals surface area contributed by atoms with E-state index in [4.69, 9.17) is 26.8 Å². The third-order valence-corrected chi connectivity index (χ3v) is 10.5. The van der Waals surface area contributed by atoms with Gasteiger partial charge in [-0.1, -0.05) is 71.8 Å². The molecule has 0 spiro atoms. The van der Waals surface area contributed by atoms with Crippen LogP contribution in [0.15, 0.2) is 93.9 Å². The molecule has 5 rings (SSSR count). The van der Waals surface area contributed by atoms with E-state index in [-0.39, 0.29) is 22.8 Å². The van der Waals surface area contributed by atoms with Gasteiger partial charge in [0.15, 0.2) is 0 Å². The first-order chi connectivity index (χ1) is 19.5. The first-order valence-electron chi connectivity index (χ1n) is 13.4. The van der Waals surface area contributed by atoms with Gasteiger partial charge in [0, 0.05) is 10.9 Å². The van der Waals surface area contributed by atoms with E-state index in [1.54, 1.807) is 41.4 Å². The second-order valence-electron chi connectivity index (χ2n) is 10.4. The van der Waals surface area contributed by atoms with E-state index in [0.29, 0.717) is 37.3 Å². The molecule has 1 aliphatic carbocycles. The zero-order valence-corrected chi connectivity index (χ0v) is 24.9. The molecule has 1 fully saturated rings. The van der Waals surface area contributed by atoms with Crippen LogP contribution >= 0.6 is 11.6 Å².